The molecule has 0 bridgehead atoms. The quantitative estimate of drug-likeness (QED) is 0.812. The molecule has 0 unspecified atom stereocenters. The third-order valence-electron chi connectivity index (χ3n) is 4.12. The lowest BCUT2D eigenvalue weighted by molar-refractivity contribution is -0.121. The van der Waals surface area contributed by atoms with Crippen molar-refractivity contribution in [3.63, 3.8) is 0 Å². The van der Waals surface area contributed by atoms with Gasteiger partial charge in [0.2, 0.25) is 5.91 Å². The van der Waals surface area contributed by atoms with Crippen molar-refractivity contribution in [2.75, 3.05) is 6.54 Å². The smallest absolute Gasteiger partial charge is 0.261 e. The van der Waals surface area contributed by atoms with Crippen LogP contribution in [0.2, 0.25) is 0 Å². The summed E-state index contributed by atoms with van der Waals surface area (Å²) < 4.78 is 1.43. The van der Waals surface area contributed by atoms with Crippen LogP contribution in [0.25, 0.3) is 0 Å². The zero-order chi connectivity index (χ0) is 18.0. The number of hydrogen-bond acceptors (Lipinski definition) is 4. The Morgan fingerprint density at radius 2 is 1.64 bits per heavy atom. The fourth-order valence-electron chi connectivity index (χ4n) is 2.73. The van der Waals surface area contributed by atoms with Crippen LogP contribution < -0.4 is 10.9 Å². The molecule has 2 aromatic rings. The van der Waals surface area contributed by atoms with Gasteiger partial charge in [-0.2, -0.15) is 0 Å². The van der Waals surface area contributed by atoms with Gasteiger partial charge in [-0.25, -0.2) is 0 Å². The van der Waals surface area contributed by atoms with Crippen molar-refractivity contribution in [3.05, 3.63) is 69.6 Å². The number of fused-ring (bicyclic) bond motifs is 1. The van der Waals surface area contributed by atoms with Crippen molar-refractivity contribution in [1.29, 1.82) is 0 Å². The Labute approximate surface area is 143 Å². The van der Waals surface area contributed by atoms with Crippen LogP contribution in [0.15, 0.2) is 47.4 Å². The number of pyridine rings is 1. The minimum atomic E-state index is -0.384. The van der Waals surface area contributed by atoms with Crippen molar-refractivity contribution < 1.29 is 14.4 Å². The Kier molecular flexibility index (Phi) is 4.47. The molecule has 1 aliphatic heterocycles. The monoisotopic (exact) mass is 339 g/mol. The molecule has 0 radical (unpaired) electrons. The first-order valence-electron chi connectivity index (χ1n) is 7.85. The van der Waals surface area contributed by atoms with Crippen LogP contribution in [-0.4, -0.2) is 33.7 Å². The van der Waals surface area contributed by atoms with Crippen molar-refractivity contribution in [1.82, 2.24) is 14.8 Å². The molecule has 1 aromatic carbocycles. The van der Waals surface area contributed by atoms with Gasteiger partial charge >= 0.3 is 0 Å². The number of carbonyl (C=O) groups excluding carboxylic acids is 3. The molecule has 1 aliphatic rings. The van der Waals surface area contributed by atoms with Crippen LogP contribution in [-0.2, 0) is 18.4 Å². The first-order valence-corrected chi connectivity index (χ1v) is 7.85. The molecule has 1 N–H and O–H groups in total. The summed E-state index contributed by atoms with van der Waals surface area (Å²) >= 11 is 0. The minimum Gasteiger partial charge on any atom is -0.352 e. The van der Waals surface area contributed by atoms with Crippen LogP contribution in [0, 0.1) is 0 Å². The maximum Gasteiger partial charge on any atom is 0.261 e. The maximum atomic E-state index is 12.2. The van der Waals surface area contributed by atoms with E-state index in [1.807, 2.05) is 0 Å². The predicted molar refractivity (Wildman–Crippen MR) is 90.0 cm³/mol. The summed E-state index contributed by atoms with van der Waals surface area (Å²) in [5.74, 6) is -1.10. The summed E-state index contributed by atoms with van der Waals surface area (Å²) in [7, 11) is 1.63. The Hall–Kier alpha value is -3.22. The van der Waals surface area contributed by atoms with Gasteiger partial charge in [-0.05, 0) is 18.2 Å². The number of hydrogen-bond donors (Lipinski definition) is 1. The Bertz CT molecular complexity index is 882. The largest absolute Gasteiger partial charge is 0.352 e. The molecule has 0 atom stereocenters. The van der Waals surface area contributed by atoms with Crippen molar-refractivity contribution in [3.8, 4) is 0 Å². The van der Waals surface area contributed by atoms with Gasteiger partial charge in [0.15, 0.2) is 0 Å². The Morgan fingerprint density at radius 3 is 2.28 bits per heavy atom. The Balaban J connectivity index is 1.57. The molecule has 3 amide bonds. The molecule has 1 aromatic heterocycles. The molecule has 0 saturated carbocycles. The normalized spacial score (nSPS) is 13.1. The third kappa shape index (κ3) is 3.21. The molecule has 3 rings (SSSR count). The first kappa shape index (κ1) is 16.6. The lowest BCUT2D eigenvalue weighted by Gasteiger charge is -2.13. The molecule has 2 heterocycles. The molecule has 0 saturated heterocycles. The van der Waals surface area contributed by atoms with Gasteiger partial charge in [0, 0.05) is 38.3 Å². The highest BCUT2D eigenvalue weighted by atomic mass is 16.2. The highest BCUT2D eigenvalue weighted by Crippen LogP contribution is 2.22. The fraction of sp³-hybridized carbons (Fsp3) is 0.222. The lowest BCUT2D eigenvalue weighted by atomic mass is 10.1. The van der Waals surface area contributed by atoms with Crippen molar-refractivity contribution in [2.24, 2.45) is 7.05 Å². The van der Waals surface area contributed by atoms with Crippen molar-refractivity contribution >= 4 is 17.7 Å². The number of carbonyl (C=O) groups is 3. The summed E-state index contributed by atoms with van der Waals surface area (Å²) in [6, 6.07) is 9.96. The number of amides is 3. The second-order valence-electron chi connectivity index (χ2n) is 5.78. The van der Waals surface area contributed by atoms with Gasteiger partial charge in [0.25, 0.3) is 17.4 Å². The number of benzene rings is 1. The average molecular weight is 339 g/mol. The lowest BCUT2D eigenvalue weighted by Crippen LogP contribution is -2.35. The number of aromatic nitrogens is 1. The summed E-state index contributed by atoms with van der Waals surface area (Å²) in [5, 5.41) is 2.64. The van der Waals surface area contributed by atoms with Crippen LogP contribution in [0.5, 0.6) is 0 Å². The number of nitrogens with one attached hydrogen (secondary N) is 1. The van der Waals surface area contributed by atoms with Gasteiger partial charge < -0.3 is 9.88 Å². The molecular formula is C18H17N3O4. The average Bonchev–Trinajstić information content (AvgIpc) is 2.86. The Morgan fingerprint density at radius 1 is 1.00 bits per heavy atom. The van der Waals surface area contributed by atoms with E-state index in [1.54, 1.807) is 49.6 Å². The summed E-state index contributed by atoms with van der Waals surface area (Å²) in [5.41, 5.74) is 1.02. The number of imide groups is 1. The molecule has 0 aliphatic carbocycles. The summed E-state index contributed by atoms with van der Waals surface area (Å²) in [6.45, 7) is 0.111. The molecule has 128 valence electrons. The number of rotatable bonds is 5. The second kappa shape index (κ2) is 6.72. The van der Waals surface area contributed by atoms with E-state index >= 15 is 0 Å². The molecule has 25 heavy (non-hydrogen) atoms. The summed E-state index contributed by atoms with van der Waals surface area (Å²) in [6.07, 6.45) is 1.62. The number of nitrogens with zero attached hydrogens (tertiary/aromatic N) is 2. The molecule has 7 heteroatoms. The molecule has 7 nitrogen and oxygen atoms in total. The minimum absolute atomic E-state index is 0.00494. The van der Waals surface area contributed by atoms with Gasteiger partial charge in [-0.15, -0.1) is 0 Å². The molecule has 0 spiro atoms. The first-order chi connectivity index (χ1) is 12.0. The predicted octanol–water partition coefficient (Wildman–Crippen LogP) is 0.688. The summed E-state index contributed by atoms with van der Waals surface area (Å²) in [4.78, 5) is 49.4. The standard InChI is InChI=1S/C18H17N3O4/c1-20-9-4-5-12(16(20)23)11-19-15(22)8-10-21-17(24)13-6-2-3-7-14(13)18(21)25/h2-7,9H,8,10-11H2,1H3,(H,19,22). The fourth-order valence-corrected chi connectivity index (χ4v) is 2.73. The van der Waals surface area contributed by atoms with E-state index in [9.17, 15) is 19.2 Å². The van der Waals surface area contributed by atoms with Crippen LogP contribution in [0.4, 0.5) is 0 Å². The van der Waals surface area contributed by atoms with Crippen molar-refractivity contribution in [2.45, 2.75) is 13.0 Å². The van der Waals surface area contributed by atoms with Gasteiger partial charge in [-0.3, -0.25) is 24.1 Å². The van der Waals surface area contributed by atoms with Crippen LogP contribution in [0.3, 0.4) is 0 Å². The molecule has 0 fully saturated rings. The zero-order valence-electron chi connectivity index (χ0n) is 13.7. The highest BCUT2D eigenvalue weighted by Gasteiger charge is 2.34. The van der Waals surface area contributed by atoms with E-state index in [1.165, 1.54) is 4.57 Å². The zero-order valence-corrected chi connectivity index (χ0v) is 13.7. The van der Waals surface area contributed by atoms with E-state index in [-0.39, 0.29) is 42.8 Å². The highest BCUT2D eigenvalue weighted by molar-refractivity contribution is 6.21. The number of aryl methyl sites for hydroxylation is 1. The van der Waals surface area contributed by atoms with Gasteiger partial charge in [0.1, 0.15) is 0 Å². The van der Waals surface area contributed by atoms with Gasteiger partial charge in [0.05, 0.1) is 11.1 Å². The second-order valence-corrected chi connectivity index (χ2v) is 5.78. The van der Waals surface area contributed by atoms with E-state index in [2.05, 4.69) is 5.32 Å². The van der Waals surface area contributed by atoms with E-state index in [0.29, 0.717) is 16.7 Å². The SMILES string of the molecule is Cn1cccc(CNC(=O)CCN2C(=O)c3ccccc3C2=O)c1=O. The third-order valence-corrected chi connectivity index (χ3v) is 4.12. The topological polar surface area (TPSA) is 88.5 Å². The van der Waals surface area contributed by atoms with Crippen LogP contribution >= 0.6 is 0 Å². The van der Waals surface area contributed by atoms with E-state index in [0.717, 1.165) is 4.90 Å². The van der Waals surface area contributed by atoms with E-state index in [4.69, 9.17) is 0 Å². The molecular weight excluding hydrogens is 322 g/mol. The van der Waals surface area contributed by atoms with Crippen LogP contribution in [0.1, 0.15) is 32.7 Å². The van der Waals surface area contributed by atoms with E-state index < -0.39 is 0 Å². The maximum absolute atomic E-state index is 12.2. The van der Waals surface area contributed by atoms with Gasteiger partial charge in [-0.1, -0.05) is 18.2 Å².